The second-order valence-electron chi connectivity index (χ2n) is 9.03. The number of piperidine rings is 1. The van der Waals surface area contributed by atoms with Gasteiger partial charge in [-0.1, -0.05) is 31.6 Å². The normalized spacial score (nSPS) is 14.4. The highest BCUT2D eigenvalue weighted by Gasteiger charge is 2.27. The highest BCUT2D eigenvalue weighted by molar-refractivity contribution is 7.89. The molecule has 38 heavy (non-hydrogen) atoms. The summed E-state index contributed by atoms with van der Waals surface area (Å²) < 4.78 is 34.2. The number of sulfonamides is 1. The van der Waals surface area contributed by atoms with Gasteiger partial charge in [0.25, 0.3) is 5.91 Å². The number of carbonyl (C=O) groups excluding carboxylic acids is 1. The van der Waals surface area contributed by atoms with Crippen LogP contribution in [0, 0.1) is 0 Å². The number of amides is 1. The van der Waals surface area contributed by atoms with Crippen molar-refractivity contribution in [3.05, 3.63) is 48.0 Å². The van der Waals surface area contributed by atoms with Crippen molar-refractivity contribution in [2.45, 2.75) is 44.9 Å². The highest BCUT2D eigenvalue weighted by Crippen LogP contribution is 2.32. The van der Waals surface area contributed by atoms with Gasteiger partial charge in [-0.2, -0.15) is 4.31 Å². The Labute approximate surface area is 236 Å². The number of nitrogens with zero attached hydrogens (tertiary/aromatic N) is 4. The zero-order chi connectivity index (χ0) is 26.4. The summed E-state index contributed by atoms with van der Waals surface area (Å²) >= 11 is 1.45. The van der Waals surface area contributed by atoms with Gasteiger partial charge in [-0.25, -0.2) is 13.4 Å². The standard InChI is InChI=1S/C27H36N4O4S2.ClH/c1-4-29(5-2)18-19-31(27-28-24-15-12-22(35-6-3)20-25(24)36-27)26(32)21-10-13-23(14-11-21)37(33,34)30-16-8-7-9-17-30;/h10-15,20H,4-9,16-19H2,1-3H3;1H. The molecule has 8 nitrogen and oxygen atoms in total. The number of rotatable bonds is 11. The summed E-state index contributed by atoms with van der Waals surface area (Å²) in [6.07, 6.45) is 2.82. The molecule has 1 amide bonds. The minimum atomic E-state index is -3.55. The Hall–Kier alpha value is -2.24. The van der Waals surface area contributed by atoms with Crippen LogP contribution >= 0.6 is 23.7 Å². The fourth-order valence-electron chi connectivity index (χ4n) is 4.51. The van der Waals surface area contributed by atoms with Crippen molar-refractivity contribution in [2.24, 2.45) is 0 Å². The van der Waals surface area contributed by atoms with Gasteiger partial charge in [0.2, 0.25) is 10.0 Å². The lowest BCUT2D eigenvalue weighted by Gasteiger charge is -2.26. The molecule has 2 aromatic carbocycles. The van der Waals surface area contributed by atoms with Crippen LogP contribution < -0.4 is 9.64 Å². The molecule has 3 aromatic rings. The van der Waals surface area contributed by atoms with Crippen molar-refractivity contribution in [3.8, 4) is 5.75 Å². The van der Waals surface area contributed by atoms with Gasteiger partial charge in [-0.15, -0.1) is 12.4 Å². The number of hydrogen-bond donors (Lipinski definition) is 0. The largest absolute Gasteiger partial charge is 0.494 e. The van der Waals surface area contributed by atoms with Gasteiger partial charge in [-0.05, 0) is 75.3 Å². The number of ether oxygens (including phenoxy) is 1. The number of carbonyl (C=O) groups is 1. The van der Waals surface area contributed by atoms with Gasteiger partial charge < -0.3 is 9.64 Å². The van der Waals surface area contributed by atoms with Crippen molar-refractivity contribution in [1.29, 1.82) is 0 Å². The molecule has 0 atom stereocenters. The van der Waals surface area contributed by atoms with E-state index in [9.17, 15) is 13.2 Å². The first-order valence-electron chi connectivity index (χ1n) is 13.0. The lowest BCUT2D eigenvalue weighted by Crippen LogP contribution is -2.39. The van der Waals surface area contributed by atoms with E-state index in [2.05, 4.69) is 18.7 Å². The molecule has 0 N–H and O–H groups in total. The van der Waals surface area contributed by atoms with Gasteiger partial charge in [0.05, 0.1) is 21.7 Å². The maximum absolute atomic E-state index is 13.7. The minimum Gasteiger partial charge on any atom is -0.494 e. The molecule has 1 aromatic heterocycles. The van der Waals surface area contributed by atoms with Gasteiger partial charge in [0.15, 0.2) is 5.13 Å². The number of fused-ring (bicyclic) bond motifs is 1. The van der Waals surface area contributed by atoms with Gasteiger partial charge in [0.1, 0.15) is 5.75 Å². The third kappa shape index (κ3) is 6.84. The van der Waals surface area contributed by atoms with Crippen molar-refractivity contribution in [2.75, 3.05) is 50.8 Å². The predicted molar refractivity (Wildman–Crippen MR) is 157 cm³/mol. The van der Waals surface area contributed by atoms with Gasteiger partial charge in [0, 0.05) is 31.7 Å². The predicted octanol–water partition coefficient (Wildman–Crippen LogP) is 5.28. The van der Waals surface area contributed by atoms with E-state index in [0.29, 0.717) is 43.5 Å². The molecule has 0 radical (unpaired) electrons. The molecule has 0 saturated carbocycles. The Morgan fingerprint density at radius 3 is 2.32 bits per heavy atom. The molecule has 1 fully saturated rings. The van der Waals surface area contributed by atoms with Crippen molar-refractivity contribution < 1.29 is 17.9 Å². The maximum Gasteiger partial charge on any atom is 0.260 e. The summed E-state index contributed by atoms with van der Waals surface area (Å²) in [5.41, 5.74) is 1.25. The van der Waals surface area contributed by atoms with Crippen molar-refractivity contribution in [1.82, 2.24) is 14.2 Å². The average molecular weight is 581 g/mol. The Morgan fingerprint density at radius 1 is 1.00 bits per heavy atom. The number of aromatic nitrogens is 1. The smallest absolute Gasteiger partial charge is 0.260 e. The van der Waals surface area contributed by atoms with E-state index in [4.69, 9.17) is 9.72 Å². The number of halogens is 1. The van der Waals surface area contributed by atoms with Crippen LogP contribution in [0.2, 0.25) is 0 Å². The Balaban J connectivity index is 0.00000400. The second kappa shape index (κ2) is 13.7. The Bertz CT molecular complexity index is 1300. The zero-order valence-electron chi connectivity index (χ0n) is 22.3. The van der Waals surface area contributed by atoms with Crippen LogP contribution in [0.5, 0.6) is 5.75 Å². The summed E-state index contributed by atoms with van der Waals surface area (Å²) in [4.78, 5) is 22.7. The fraction of sp³-hybridized carbons (Fsp3) is 0.481. The molecule has 1 aliphatic heterocycles. The molecule has 2 heterocycles. The van der Waals surface area contributed by atoms with Crippen molar-refractivity contribution in [3.63, 3.8) is 0 Å². The molecule has 4 rings (SSSR count). The van der Waals surface area contributed by atoms with Crippen LogP contribution in [0.3, 0.4) is 0 Å². The molecule has 0 aliphatic carbocycles. The number of benzene rings is 2. The quantitative estimate of drug-likeness (QED) is 0.307. The first-order valence-corrected chi connectivity index (χ1v) is 15.3. The molecule has 1 aliphatic rings. The monoisotopic (exact) mass is 580 g/mol. The number of hydrogen-bond acceptors (Lipinski definition) is 7. The van der Waals surface area contributed by atoms with E-state index < -0.39 is 10.0 Å². The Kier molecular flexibility index (Phi) is 10.9. The molecule has 11 heteroatoms. The van der Waals surface area contributed by atoms with Crippen LogP contribution in [0.25, 0.3) is 10.2 Å². The van der Waals surface area contributed by atoms with E-state index in [-0.39, 0.29) is 23.2 Å². The first kappa shape index (κ1) is 30.3. The third-order valence-corrected chi connectivity index (χ3v) is 9.68. The van der Waals surface area contributed by atoms with Crippen LogP contribution in [0.1, 0.15) is 50.4 Å². The maximum atomic E-state index is 13.7. The third-order valence-electron chi connectivity index (χ3n) is 6.72. The lowest BCUT2D eigenvalue weighted by molar-refractivity contribution is 0.0983. The minimum absolute atomic E-state index is 0. The topological polar surface area (TPSA) is 83.0 Å². The van der Waals surface area contributed by atoms with E-state index in [0.717, 1.165) is 48.3 Å². The summed E-state index contributed by atoms with van der Waals surface area (Å²) in [6.45, 7) is 10.8. The summed E-state index contributed by atoms with van der Waals surface area (Å²) in [5, 5.41) is 0.616. The number of thiazole rings is 1. The molecular formula is C27H37ClN4O4S2. The fourth-order valence-corrected chi connectivity index (χ4v) is 7.05. The summed E-state index contributed by atoms with van der Waals surface area (Å²) in [5.74, 6) is 0.579. The molecule has 208 valence electrons. The van der Waals surface area contributed by atoms with Crippen LogP contribution in [0.15, 0.2) is 47.4 Å². The first-order chi connectivity index (χ1) is 17.9. The number of anilines is 1. The van der Waals surface area contributed by atoms with Crippen LogP contribution in [0.4, 0.5) is 5.13 Å². The van der Waals surface area contributed by atoms with Gasteiger partial charge in [-0.3, -0.25) is 9.69 Å². The SMILES string of the molecule is CCOc1ccc2nc(N(CCN(CC)CC)C(=O)c3ccc(S(=O)(=O)N4CCCCC4)cc3)sc2c1.Cl. The highest BCUT2D eigenvalue weighted by atomic mass is 35.5. The summed E-state index contributed by atoms with van der Waals surface area (Å²) in [6, 6.07) is 12.1. The van der Waals surface area contributed by atoms with Gasteiger partial charge >= 0.3 is 0 Å². The van der Waals surface area contributed by atoms with E-state index in [1.807, 2.05) is 25.1 Å². The van der Waals surface area contributed by atoms with Crippen molar-refractivity contribution >= 4 is 55.0 Å². The molecular weight excluding hydrogens is 544 g/mol. The van der Waals surface area contributed by atoms with Crippen LogP contribution in [-0.2, 0) is 10.0 Å². The zero-order valence-corrected chi connectivity index (χ0v) is 24.7. The molecule has 0 bridgehead atoms. The lowest BCUT2D eigenvalue weighted by atomic mass is 10.2. The molecule has 1 saturated heterocycles. The van der Waals surface area contributed by atoms with E-state index in [1.165, 1.54) is 11.3 Å². The Morgan fingerprint density at radius 2 is 1.68 bits per heavy atom. The molecule has 0 spiro atoms. The van der Waals surface area contributed by atoms with E-state index in [1.54, 1.807) is 33.5 Å². The number of likely N-dealkylation sites (N-methyl/N-ethyl adjacent to an activating group) is 1. The average Bonchev–Trinajstić information content (AvgIpc) is 3.34. The van der Waals surface area contributed by atoms with E-state index >= 15 is 0 Å². The van der Waals surface area contributed by atoms with Crippen LogP contribution in [-0.4, -0.2) is 74.4 Å². The second-order valence-corrected chi connectivity index (χ2v) is 12.0. The molecule has 0 unspecified atom stereocenters. The summed E-state index contributed by atoms with van der Waals surface area (Å²) in [7, 11) is -3.55.